The predicted octanol–water partition coefficient (Wildman–Crippen LogP) is 2.82. The van der Waals surface area contributed by atoms with Crippen LogP contribution in [0.1, 0.15) is 42.6 Å². The third-order valence-electron chi connectivity index (χ3n) is 4.54. The van der Waals surface area contributed by atoms with Gasteiger partial charge in [-0.3, -0.25) is 9.80 Å². The van der Waals surface area contributed by atoms with E-state index in [2.05, 4.69) is 5.10 Å². The van der Waals surface area contributed by atoms with Crippen molar-refractivity contribution in [1.29, 1.82) is 0 Å². The van der Waals surface area contributed by atoms with Crippen LogP contribution in [0.4, 0.5) is 14.5 Å². The van der Waals surface area contributed by atoms with E-state index in [4.69, 9.17) is 4.74 Å². The van der Waals surface area contributed by atoms with E-state index >= 15 is 0 Å². The summed E-state index contributed by atoms with van der Waals surface area (Å²) < 4.78 is 34.9. The van der Waals surface area contributed by atoms with Gasteiger partial charge < -0.3 is 9.64 Å². The van der Waals surface area contributed by atoms with Crippen LogP contribution in [-0.2, 0) is 4.74 Å². The van der Waals surface area contributed by atoms with Crippen LogP contribution in [0.15, 0.2) is 11.2 Å². The molecule has 1 aromatic rings. The Morgan fingerprint density at radius 2 is 1.76 bits per heavy atom. The Labute approximate surface area is 146 Å². The smallest absolute Gasteiger partial charge is 0.183 e. The van der Waals surface area contributed by atoms with E-state index in [1.54, 1.807) is 4.90 Å². The Kier molecular flexibility index (Phi) is 5.32. The minimum Gasteiger partial charge on any atom is -0.372 e. The van der Waals surface area contributed by atoms with E-state index in [-0.39, 0.29) is 29.0 Å². The Morgan fingerprint density at radius 1 is 1.12 bits per heavy atom. The molecule has 0 aliphatic carbocycles. The van der Waals surface area contributed by atoms with Crippen molar-refractivity contribution in [1.82, 2.24) is 5.01 Å². The molecule has 2 heterocycles. The third kappa shape index (κ3) is 3.81. The van der Waals surface area contributed by atoms with Crippen molar-refractivity contribution in [2.24, 2.45) is 5.10 Å². The molecule has 0 bridgehead atoms. The SMILES string of the molecule is C[C@@H]1CN(c2c(C=O)cc(/C=N\N3CCCC3)c(F)c2F)C[C@H](C)O1. The number of hydrogen-bond acceptors (Lipinski definition) is 5. The van der Waals surface area contributed by atoms with Gasteiger partial charge in [-0.2, -0.15) is 5.10 Å². The molecule has 1 aromatic carbocycles. The number of hydrazone groups is 1. The zero-order valence-electron chi connectivity index (χ0n) is 14.5. The topological polar surface area (TPSA) is 45.1 Å². The van der Waals surface area contributed by atoms with Gasteiger partial charge in [0, 0.05) is 37.3 Å². The molecule has 2 fully saturated rings. The van der Waals surface area contributed by atoms with Crippen LogP contribution in [0.25, 0.3) is 0 Å². The Balaban J connectivity index is 1.94. The van der Waals surface area contributed by atoms with Gasteiger partial charge in [-0.15, -0.1) is 0 Å². The van der Waals surface area contributed by atoms with E-state index in [0.29, 0.717) is 19.4 Å². The molecule has 0 spiro atoms. The second kappa shape index (κ2) is 7.47. The van der Waals surface area contributed by atoms with E-state index in [9.17, 15) is 13.6 Å². The van der Waals surface area contributed by atoms with Crippen molar-refractivity contribution in [3.05, 3.63) is 28.8 Å². The van der Waals surface area contributed by atoms with Crippen molar-refractivity contribution in [2.45, 2.75) is 38.9 Å². The molecule has 2 atom stereocenters. The number of anilines is 1. The first-order valence-corrected chi connectivity index (χ1v) is 8.66. The van der Waals surface area contributed by atoms with Crippen molar-refractivity contribution in [3.8, 4) is 0 Å². The second-order valence-corrected chi connectivity index (χ2v) is 6.72. The molecule has 7 heteroatoms. The van der Waals surface area contributed by atoms with Crippen LogP contribution in [0, 0.1) is 11.6 Å². The second-order valence-electron chi connectivity index (χ2n) is 6.72. The first-order valence-electron chi connectivity index (χ1n) is 8.66. The van der Waals surface area contributed by atoms with Crippen molar-refractivity contribution >= 4 is 18.2 Å². The fraction of sp³-hybridized carbons (Fsp3) is 0.556. The van der Waals surface area contributed by atoms with Crippen LogP contribution < -0.4 is 4.90 Å². The highest BCUT2D eigenvalue weighted by Crippen LogP contribution is 2.30. The fourth-order valence-electron chi connectivity index (χ4n) is 3.48. The van der Waals surface area contributed by atoms with Gasteiger partial charge in [0.25, 0.3) is 0 Å². The molecule has 0 N–H and O–H groups in total. The molecule has 0 aromatic heterocycles. The Morgan fingerprint density at radius 3 is 2.36 bits per heavy atom. The van der Waals surface area contributed by atoms with E-state index in [0.717, 1.165) is 25.9 Å². The van der Waals surface area contributed by atoms with Crippen molar-refractivity contribution < 1.29 is 18.3 Å². The third-order valence-corrected chi connectivity index (χ3v) is 4.54. The highest BCUT2D eigenvalue weighted by molar-refractivity contribution is 5.90. The number of nitrogens with zero attached hydrogens (tertiary/aromatic N) is 3. The molecule has 0 amide bonds. The zero-order valence-corrected chi connectivity index (χ0v) is 14.5. The summed E-state index contributed by atoms with van der Waals surface area (Å²) in [6, 6.07) is 1.37. The number of ether oxygens (including phenoxy) is 1. The average Bonchev–Trinajstić information content (AvgIpc) is 3.08. The molecule has 5 nitrogen and oxygen atoms in total. The Hall–Kier alpha value is -2.02. The number of benzene rings is 1. The van der Waals surface area contributed by atoms with Gasteiger partial charge in [-0.05, 0) is 32.8 Å². The van der Waals surface area contributed by atoms with Crippen LogP contribution in [0.3, 0.4) is 0 Å². The molecule has 0 unspecified atom stereocenters. The van der Waals surface area contributed by atoms with Gasteiger partial charge in [-0.25, -0.2) is 8.78 Å². The molecule has 2 aliphatic heterocycles. The highest BCUT2D eigenvalue weighted by Gasteiger charge is 2.28. The summed E-state index contributed by atoms with van der Waals surface area (Å²) in [5.41, 5.74) is 0.125. The summed E-state index contributed by atoms with van der Waals surface area (Å²) in [5, 5.41) is 6.01. The summed E-state index contributed by atoms with van der Waals surface area (Å²) in [6.07, 6.45) is 3.70. The molecule has 0 radical (unpaired) electrons. The van der Waals surface area contributed by atoms with Gasteiger partial charge in [0.05, 0.1) is 24.1 Å². The number of morpholine rings is 1. The van der Waals surface area contributed by atoms with Crippen LogP contribution in [0.2, 0.25) is 0 Å². The maximum absolute atomic E-state index is 14.8. The molecule has 2 saturated heterocycles. The summed E-state index contributed by atoms with van der Waals surface area (Å²) in [7, 11) is 0. The van der Waals surface area contributed by atoms with E-state index < -0.39 is 11.6 Å². The summed E-state index contributed by atoms with van der Waals surface area (Å²) in [6.45, 7) is 6.17. The summed E-state index contributed by atoms with van der Waals surface area (Å²) in [4.78, 5) is 13.2. The maximum atomic E-state index is 14.8. The number of carbonyl (C=O) groups is 1. The number of hydrogen-bond donors (Lipinski definition) is 0. The normalized spacial score (nSPS) is 24.3. The predicted molar refractivity (Wildman–Crippen MR) is 92.4 cm³/mol. The molecule has 0 saturated carbocycles. The minimum atomic E-state index is -1.01. The monoisotopic (exact) mass is 351 g/mol. The van der Waals surface area contributed by atoms with Gasteiger partial charge in [0.2, 0.25) is 0 Å². The maximum Gasteiger partial charge on any atom is 0.183 e. The lowest BCUT2D eigenvalue weighted by molar-refractivity contribution is -0.00546. The van der Waals surface area contributed by atoms with Gasteiger partial charge >= 0.3 is 0 Å². The van der Waals surface area contributed by atoms with Gasteiger partial charge in [0.15, 0.2) is 17.9 Å². The lowest BCUT2D eigenvalue weighted by Gasteiger charge is -2.37. The number of aldehydes is 1. The quantitative estimate of drug-likeness (QED) is 0.618. The first kappa shape index (κ1) is 17.8. The van der Waals surface area contributed by atoms with Crippen molar-refractivity contribution in [3.63, 3.8) is 0 Å². The average molecular weight is 351 g/mol. The molecule has 3 rings (SSSR count). The lowest BCUT2D eigenvalue weighted by Crippen LogP contribution is -2.46. The standard InChI is InChI=1S/C18H23F2N3O2/c1-12-9-22(10-13(2)25-12)18-15(11-24)7-14(16(19)17(18)20)8-21-23-5-3-4-6-23/h7-8,11-13H,3-6,9-10H2,1-2H3/b21-8-/t12-,13+. The number of rotatable bonds is 4. The molecule has 136 valence electrons. The first-order chi connectivity index (χ1) is 12.0. The van der Waals surface area contributed by atoms with Crippen molar-refractivity contribution in [2.75, 3.05) is 31.1 Å². The lowest BCUT2D eigenvalue weighted by atomic mass is 10.1. The number of halogens is 2. The highest BCUT2D eigenvalue weighted by atomic mass is 19.2. The van der Waals surface area contributed by atoms with Crippen LogP contribution in [0.5, 0.6) is 0 Å². The van der Waals surface area contributed by atoms with E-state index in [1.807, 2.05) is 18.9 Å². The number of carbonyl (C=O) groups excluding carboxylic acids is 1. The van der Waals surface area contributed by atoms with Gasteiger partial charge in [0.1, 0.15) is 0 Å². The minimum absolute atomic E-state index is 0.00724. The Bertz CT molecular complexity index is 665. The van der Waals surface area contributed by atoms with Gasteiger partial charge in [-0.1, -0.05) is 0 Å². The van der Waals surface area contributed by atoms with E-state index in [1.165, 1.54) is 12.3 Å². The molecule has 25 heavy (non-hydrogen) atoms. The molecular formula is C18H23F2N3O2. The summed E-state index contributed by atoms with van der Waals surface area (Å²) in [5.74, 6) is -1.98. The van der Waals surface area contributed by atoms with Crippen LogP contribution in [-0.4, -0.2) is 55.9 Å². The zero-order chi connectivity index (χ0) is 18.0. The van der Waals surface area contributed by atoms with Crippen LogP contribution >= 0.6 is 0 Å². The molecule has 2 aliphatic rings. The largest absolute Gasteiger partial charge is 0.372 e. The molecular weight excluding hydrogens is 328 g/mol. The summed E-state index contributed by atoms with van der Waals surface area (Å²) >= 11 is 0. The fourth-order valence-corrected chi connectivity index (χ4v) is 3.48.